The van der Waals surface area contributed by atoms with Crippen LogP contribution >= 0.6 is 0 Å². The first-order valence-electron chi connectivity index (χ1n) is 33.9. The van der Waals surface area contributed by atoms with Gasteiger partial charge in [0.15, 0.2) is 6.10 Å². The van der Waals surface area contributed by atoms with Gasteiger partial charge in [-0.15, -0.1) is 0 Å². The van der Waals surface area contributed by atoms with Gasteiger partial charge in [0.1, 0.15) is 13.2 Å². The van der Waals surface area contributed by atoms with E-state index in [0.29, 0.717) is 19.3 Å². The molecule has 0 radical (unpaired) electrons. The molecule has 0 spiro atoms. The van der Waals surface area contributed by atoms with E-state index < -0.39 is 6.10 Å². The predicted octanol–water partition coefficient (Wildman–Crippen LogP) is 23.4. The topological polar surface area (TPSA) is 78.9 Å². The summed E-state index contributed by atoms with van der Waals surface area (Å²) in [5, 5.41) is 0. The van der Waals surface area contributed by atoms with E-state index in [1.165, 1.54) is 173 Å². The van der Waals surface area contributed by atoms with Crippen LogP contribution in [0.1, 0.15) is 323 Å². The minimum atomic E-state index is -0.782. The van der Waals surface area contributed by atoms with E-state index in [1.54, 1.807) is 0 Å². The number of rotatable bonds is 61. The fourth-order valence-corrected chi connectivity index (χ4v) is 9.45. The van der Waals surface area contributed by atoms with Gasteiger partial charge in [0.05, 0.1) is 0 Å². The summed E-state index contributed by atoms with van der Waals surface area (Å²) in [5.74, 6) is -0.883. The number of carbonyl (C=O) groups excluding carboxylic acids is 3. The van der Waals surface area contributed by atoms with Crippen LogP contribution < -0.4 is 0 Å². The normalized spacial score (nSPS) is 12.8. The summed E-state index contributed by atoms with van der Waals surface area (Å²) in [7, 11) is 0. The molecular formula is C74H126O6. The number of ether oxygens (including phenoxy) is 3. The Kier molecular flexibility index (Phi) is 64.3. The van der Waals surface area contributed by atoms with Crippen molar-refractivity contribution in [2.75, 3.05) is 13.2 Å². The van der Waals surface area contributed by atoms with E-state index in [1.807, 2.05) is 0 Å². The zero-order valence-corrected chi connectivity index (χ0v) is 52.6. The summed E-state index contributed by atoms with van der Waals surface area (Å²) in [4.78, 5) is 38.2. The van der Waals surface area contributed by atoms with Crippen molar-refractivity contribution < 1.29 is 28.6 Å². The smallest absolute Gasteiger partial charge is 0.306 e. The largest absolute Gasteiger partial charge is 0.462 e. The van der Waals surface area contributed by atoms with Gasteiger partial charge in [-0.2, -0.15) is 0 Å². The Bertz CT molecular complexity index is 1610. The number of carbonyl (C=O) groups is 3. The van der Waals surface area contributed by atoms with E-state index in [2.05, 4.69) is 130 Å². The Morgan fingerprint density at radius 2 is 0.487 bits per heavy atom. The molecule has 0 aromatic heterocycles. The Morgan fingerprint density at radius 1 is 0.263 bits per heavy atom. The van der Waals surface area contributed by atoms with Gasteiger partial charge in [-0.3, -0.25) is 14.4 Å². The van der Waals surface area contributed by atoms with Crippen molar-refractivity contribution >= 4 is 17.9 Å². The Morgan fingerprint density at radius 3 is 0.762 bits per heavy atom. The van der Waals surface area contributed by atoms with Gasteiger partial charge >= 0.3 is 17.9 Å². The SMILES string of the molecule is CC/C=C\C/C=C\C/C=C\C/C=C\C/C=C\C/C=C\CCCCCCCCCCCCC(=O)OCC(COC(=O)CCCCCCCCCC)OC(=O)CCCCCCCCCCCC/C=C\C/C=C\C/C=C\CCCCCCC. The highest BCUT2D eigenvalue weighted by Gasteiger charge is 2.19. The van der Waals surface area contributed by atoms with Crippen LogP contribution in [0.5, 0.6) is 0 Å². The van der Waals surface area contributed by atoms with Crippen molar-refractivity contribution in [3.05, 3.63) is 109 Å². The lowest BCUT2D eigenvalue weighted by Gasteiger charge is -2.18. The lowest BCUT2D eigenvalue weighted by molar-refractivity contribution is -0.167. The molecule has 6 nitrogen and oxygen atoms in total. The van der Waals surface area contributed by atoms with Crippen molar-refractivity contribution in [1.29, 1.82) is 0 Å². The quantitative estimate of drug-likeness (QED) is 0.0261. The van der Waals surface area contributed by atoms with E-state index >= 15 is 0 Å². The van der Waals surface area contributed by atoms with Crippen molar-refractivity contribution in [2.24, 2.45) is 0 Å². The molecule has 0 amide bonds. The zero-order chi connectivity index (χ0) is 57.8. The van der Waals surface area contributed by atoms with Gasteiger partial charge in [-0.1, -0.05) is 304 Å². The van der Waals surface area contributed by atoms with Gasteiger partial charge in [-0.25, -0.2) is 0 Å². The van der Waals surface area contributed by atoms with Crippen LogP contribution in [-0.4, -0.2) is 37.2 Å². The first kappa shape index (κ1) is 76.1. The molecule has 0 aliphatic carbocycles. The van der Waals surface area contributed by atoms with Gasteiger partial charge in [0.25, 0.3) is 0 Å². The summed E-state index contributed by atoms with van der Waals surface area (Å²) >= 11 is 0. The number of hydrogen-bond acceptors (Lipinski definition) is 6. The number of unbranched alkanes of at least 4 members (excludes halogenated alkanes) is 32. The van der Waals surface area contributed by atoms with E-state index in [-0.39, 0.29) is 31.1 Å². The minimum Gasteiger partial charge on any atom is -0.462 e. The molecule has 1 unspecified atom stereocenters. The molecule has 458 valence electrons. The number of esters is 3. The zero-order valence-electron chi connectivity index (χ0n) is 52.6. The summed E-state index contributed by atoms with van der Waals surface area (Å²) in [6.07, 6.45) is 92.6. The molecule has 1 atom stereocenters. The second kappa shape index (κ2) is 67.6. The summed E-state index contributed by atoms with van der Waals surface area (Å²) in [5.41, 5.74) is 0. The molecular weight excluding hydrogens is 985 g/mol. The lowest BCUT2D eigenvalue weighted by atomic mass is 10.0. The molecule has 0 aromatic rings. The fraction of sp³-hybridized carbons (Fsp3) is 0.716. The van der Waals surface area contributed by atoms with Gasteiger partial charge in [0, 0.05) is 19.3 Å². The third-order valence-electron chi connectivity index (χ3n) is 14.5. The van der Waals surface area contributed by atoms with Gasteiger partial charge in [-0.05, 0) is 109 Å². The molecule has 0 aromatic carbocycles. The summed E-state index contributed by atoms with van der Waals surface area (Å²) < 4.78 is 16.9. The number of hydrogen-bond donors (Lipinski definition) is 0. The Labute approximate surface area is 495 Å². The first-order chi connectivity index (χ1) is 39.5. The Balaban J connectivity index is 4.18. The average molecular weight is 1110 g/mol. The third kappa shape index (κ3) is 64.9. The molecule has 0 aliphatic heterocycles. The van der Waals surface area contributed by atoms with E-state index in [0.717, 1.165) is 109 Å². The second-order valence-electron chi connectivity index (χ2n) is 22.4. The van der Waals surface area contributed by atoms with Crippen LogP contribution in [0.3, 0.4) is 0 Å². The second-order valence-corrected chi connectivity index (χ2v) is 22.4. The maximum Gasteiger partial charge on any atom is 0.306 e. The molecule has 0 heterocycles. The highest BCUT2D eigenvalue weighted by atomic mass is 16.6. The van der Waals surface area contributed by atoms with Crippen LogP contribution in [-0.2, 0) is 28.6 Å². The molecule has 0 saturated carbocycles. The molecule has 0 saturated heterocycles. The van der Waals surface area contributed by atoms with E-state index in [9.17, 15) is 14.4 Å². The molecule has 80 heavy (non-hydrogen) atoms. The molecule has 0 aliphatic rings. The first-order valence-corrected chi connectivity index (χ1v) is 33.9. The van der Waals surface area contributed by atoms with Crippen LogP contribution in [0.4, 0.5) is 0 Å². The van der Waals surface area contributed by atoms with Gasteiger partial charge in [0.2, 0.25) is 0 Å². The molecule has 0 bridgehead atoms. The van der Waals surface area contributed by atoms with Crippen LogP contribution in [0.15, 0.2) is 109 Å². The van der Waals surface area contributed by atoms with Crippen LogP contribution in [0, 0.1) is 0 Å². The monoisotopic (exact) mass is 1110 g/mol. The molecule has 6 heteroatoms. The number of allylic oxidation sites excluding steroid dienone is 18. The standard InChI is InChI=1S/C74H126O6/c1-4-7-10-13-16-19-21-23-25-27-29-31-33-35-36-37-38-40-41-43-45-47-49-51-53-55-58-61-64-67-73(76)79-70-71(69-78-72(75)66-63-60-57-18-15-12-9-6-3)80-74(77)68-65-62-59-56-54-52-50-48-46-44-42-39-34-32-30-28-26-24-22-20-17-14-11-8-5-2/h7,10,16,19,22-25,28-31,34-36,38-40,71H,4-6,8-9,11-15,17-18,20-21,26-27,32-33,37,41-70H2,1-3H3/b10-7-,19-16-,24-22-,25-23-,30-28-,31-29-,36-35-,39-34-,40-38-. The molecule has 0 N–H and O–H groups in total. The molecule has 0 rings (SSSR count). The maximum absolute atomic E-state index is 12.9. The van der Waals surface area contributed by atoms with Crippen molar-refractivity contribution in [3.8, 4) is 0 Å². The van der Waals surface area contributed by atoms with Crippen molar-refractivity contribution in [1.82, 2.24) is 0 Å². The average Bonchev–Trinajstić information content (AvgIpc) is 3.46. The summed E-state index contributed by atoms with van der Waals surface area (Å²) in [6.45, 7) is 6.50. The highest BCUT2D eigenvalue weighted by molar-refractivity contribution is 5.71. The Hall–Kier alpha value is -3.93. The minimum absolute atomic E-state index is 0.0791. The lowest BCUT2D eigenvalue weighted by Crippen LogP contribution is -2.30. The maximum atomic E-state index is 12.9. The summed E-state index contributed by atoms with van der Waals surface area (Å²) in [6, 6.07) is 0. The molecule has 0 fully saturated rings. The highest BCUT2D eigenvalue weighted by Crippen LogP contribution is 2.16. The van der Waals surface area contributed by atoms with Gasteiger partial charge < -0.3 is 14.2 Å². The predicted molar refractivity (Wildman–Crippen MR) is 348 cm³/mol. The van der Waals surface area contributed by atoms with E-state index in [4.69, 9.17) is 14.2 Å². The van der Waals surface area contributed by atoms with Crippen LogP contribution in [0.2, 0.25) is 0 Å². The van der Waals surface area contributed by atoms with Crippen molar-refractivity contribution in [3.63, 3.8) is 0 Å². The fourth-order valence-electron chi connectivity index (χ4n) is 9.45. The third-order valence-corrected chi connectivity index (χ3v) is 14.5. The van der Waals surface area contributed by atoms with Crippen LogP contribution in [0.25, 0.3) is 0 Å². The van der Waals surface area contributed by atoms with Crippen molar-refractivity contribution in [2.45, 2.75) is 329 Å².